The van der Waals surface area contributed by atoms with Gasteiger partial charge in [-0.05, 0) is 63.1 Å². The van der Waals surface area contributed by atoms with E-state index in [1.165, 1.54) is 13.4 Å². The van der Waals surface area contributed by atoms with E-state index in [1.807, 2.05) is 64.1 Å². The SMILES string of the molecule is COc1ncc([C@@H](C)N)cn1.COc1ncc([C@@H](C)Nc2ncnc3c2CN(c2ccc(C)cc2C#N)CC3)cn1.Cc1ccc(N2CCc3ncnc(Cl)c3C2)c(C#N)c1. The molecule has 0 spiro atoms. The van der Waals surface area contributed by atoms with Gasteiger partial charge in [0, 0.05) is 92.1 Å². The summed E-state index contributed by atoms with van der Waals surface area (Å²) < 4.78 is 9.82. The Balaban J connectivity index is 0.000000172. The van der Waals surface area contributed by atoms with Crippen LogP contribution in [-0.4, -0.2) is 67.2 Å². The molecule has 0 aliphatic carbocycles. The van der Waals surface area contributed by atoms with Crippen molar-refractivity contribution in [1.29, 1.82) is 10.5 Å². The van der Waals surface area contributed by atoms with Gasteiger partial charge in [0.05, 0.1) is 54.2 Å². The number of aromatic nitrogens is 8. The Morgan fingerprint density at radius 1 is 0.689 bits per heavy atom. The molecule has 2 aliphatic heterocycles. The van der Waals surface area contributed by atoms with Crippen LogP contribution in [-0.2, 0) is 25.9 Å². The Hall–Kier alpha value is -7.01. The monoisotopic (exact) mass is 838 g/mol. The molecule has 2 aliphatic rings. The lowest BCUT2D eigenvalue weighted by molar-refractivity contribution is 0.379. The molecular formula is C44H47ClN14O2. The van der Waals surface area contributed by atoms with Crippen LogP contribution in [0.3, 0.4) is 0 Å². The largest absolute Gasteiger partial charge is 0.467 e. The third kappa shape index (κ3) is 10.8. The fraction of sp³-hybridized carbons (Fsp3) is 0.318. The zero-order chi connectivity index (χ0) is 43.5. The first-order valence-corrected chi connectivity index (χ1v) is 20.0. The standard InChI is InChI=1S/C22H23N7O.C15H13ClN4.C7H11N3O/c1-14-4-5-20(16(8-14)9-23)29-7-6-19-18(12-29)21(27-13-26-19)28-15(2)17-10-24-22(30-3)25-11-17;1-10-2-3-14(11(6-10)7-17)20-5-4-13-12(8-20)15(16)19-9-18-13;1-5(8)6-3-9-7(11-2)10-4-6/h4-5,8,10-11,13,15H,6-7,12H2,1-3H3,(H,26,27,28);2-3,6,9H,4-5,8H2,1H3;3-5H,8H2,1-2H3/t15-;;5-/m1.1/s1. The fourth-order valence-electron chi connectivity index (χ4n) is 6.82. The highest BCUT2D eigenvalue weighted by atomic mass is 35.5. The summed E-state index contributed by atoms with van der Waals surface area (Å²) in [6.07, 6.45) is 11.5. The van der Waals surface area contributed by atoms with Gasteiger partial charge in [-0.25, -0.2) is 39.9 Å². The molecule has 0 radical (unpaired) electrons. The molecule has 2 atom stereocenters. The summed E-state index contributed by atoms with van der Waals surface area (Å²) in [6, 6.07) is 17.1. The normalized spacial score (nSPS) is 13.6. The molecule has 61 heavy (non-hydrogen) atoms. The van der Waals surface area contributed by atoms with E-state index in [1.54, 1.807) is 38.2 Å². The average Bonchev–Trinajstić information content (AvgIpc) is 3.29. The number of rotatable bonds is 8. The molecule has 2 aromatic carbocycles. The number of halogens is 1. The maximum absolute atomic E-state index is 9.57. The predicted octanol–water partition coefficient (Wildman–Crippen LogP) is 6.57. The number of fused-ring (bicyclic) bond motifs is 2. The van der Waals surface area contributed by atoms with Crippen LogP contribution in [0.15, 0.2) is 73.8 Å². The Bertz CT molecular complexity index is 2520. The topological polar surface area (TPSA) is 214 Å². The number of anilines is 3. The van der Waals surface area contributed by atoms with Crippen LogP contribution >= 0.6 is 11.6 Å². The van der Waals surface area contributed by atoms with Crippen molar-refractivity contribution < 1.29 is 9.47 Å². The molecule has 6 aromatic rings. The van der Waals surface area contributed by atoms with Crippen molar-refractivity contribution in [3.8, 4) is 24.2 Å². The molecule has 0 saturated heterocycles. The summed E-state index contributed by atoms with van der Waals surface area (Å²) in [4.78, 5) is 37.8. The molecule has 16 nitrogen and oxygen atoms in total. The second kappa shape index (κ2) is 20.3. The molecule has 6 heterocycles. The van der Waals surface area contributed by atoms with Gasteiger partial charge in [0.2, 0.25) is 0 Å². The van der Waals surface area contributed by atoms with E-state index < -0.39 is 0 Å². The van der Waals surface area contributed by atoms with Crippen molar-refractivity contribution in [3.63, 3.8) is 0 Å². The van der Waals surface area contributed by atoms with Gasteiger partial charge in [0.1, 0.15) is 35.8 Å². The number of methoxy groups -OCH3 is 2. The fourth-order valence-corrected chi connectivity index (χ4v) is 7.04. The molecule has 0 amide bonds. The van der Waals surface area contributed by atoms with Gasteiger partial charge in [-0.15, -0.1) is 0 Å². The van der Waals surface area contributed by atoms with E-state index in [-0.39, 0.29) is 12.1 Å². The highest BCUT2D eigenvalue weighted by Gasteiger charge is 2.25. The van der Waals surface area contributed by atoms with E-state index in [4.69, 9.17) is 26.8 Å². The van der Waals surface area contributed by atoms with Crippen molar-refractivity contribution in [2.75, 3.05) is 42.4 Å². The number of hydrogen-bond donors (Lipinski definition) is 2. The Morgan fingerprint density at radius 2 is 1.16 bits per heavy atom. The number of nitrogens with zero attached hydrogens (tertiary/aromatic N) is 12. The molecule has 0 bridgehead atoms. The Labute approximate surface area is 360 Å². The van der Waals surface area contributed by atoms with Gasteiger partial charge < -0.3 is 30.3 Å². The smallest absolute Gasteiger partial charge is 0.316 e. The minimum atomic E-state index is -0.0423. The lowest BCUT2D eigenvalue weighted by atomic mass is 10.0. The van der Waals surface area contributed by atoms with Gasteiger partial charge in [-0.1, -0.05) is 23.7 Å². The van der Waals surface area contributed by atoms with Gasteiger partial charge in [0.25, 0.3) is 0 Å². The van der Waals surface area contributed by atoms with Crippen LogP contribution in [0.1, 0.15) is 81.8 Å². The highest BCUT2D eigenvalue weighted by molar-refractivity contribution is 6.30. The minimum absolute atomic E-state index is 0.0269. The number of nitrogens with two attached hydrogens (primary N) is 1. The van der Waals surface area contributed by atoms with Crippen LogP contribution in [0.5, 0.6) is 12.0 Å². The Kier molecular flexibility index (Phi) is 14.5. The van der Waals surface area contributed by atoms with E-state index in [0.29, 0.717) is 41.4 Å². The first-order valence-electron chi connectivity index (χ1n) is 19.6. The summed E-state index contributed by atoms with van der Waals surface area (Å²) in [5.41, 5.74) is 16.9. The molecular weight excluding hydrogens is 792 g/mol. The molecule has 4 aromatic heterocycles. The van der Waals surface area contributed by atoms with Crippen molar-refractivity contribution in [1.82, 2.24) is 39.9 Å². The van der Waals surface area contributed by atoms with Crippen LogP contribution in [0.2, 0.25) is 5.15 Å². The summed E-state index contributed by atoms with van der Waals surface area (Å²) in [5.74, 6) is 0.790. The average molecular weight is 839 g/mol. The molecule has 8 rings (SSSR count). The van der Waals surface area contributed by atoms with Crippen LogP contribution in [0.25, 0.3) is 0 Å². The minimum Gasteiger partial charge on any atom is -0.467 e. The maximum Gasteiger partial charge on any atom is 0.316 e. The molecule has 0 unspecified atom stereocenters. The van der Waals surface area contributed by atoms with Gasteiger partial charge >= 0.3 is 12.0 Å². The van der Waals surface area contributed by atoms with Crippen molar-refractivity contribution in [2.24, 2.45) is 5.73 Å². The van der Waals surface area contributed by atoms with Crippen molar-refractivity contribution in [2.45, 2.75) is 65.7 Å². The second-order valence-electron chi connectivity index (χ2n) is 14.5. The van der Waals surface area contributed by atoms with E-state index in [2.05, 4.69) is 67.1 Å². The number of aryl methyl sites for hydroxylation is 2. The number of nitrogens with one attached hydrogen (secondary N) is 1. The quantitative estimate of drug-likeness (QED) is 0.155. The van der Waals surface area contributed by atoms with Gasteiger partial charge in [-0.3, -0.25) is 0 Å². The molecule has 0 fully saturated rings. The van der Waals surface area contributed by atoms with Crippen LogP contribution < -0.4 is 30.3 Å². The lowest BCUT2D eigenvalue weighted by Gasteiger charge is -2.32. The predicted molar refractivity (Wildman–Crippen MR) is 232 cm³/mol. The zero-order valence-electron chi connectivity index (χ0n) is 35.0. The van der Waals surface area contributed by atoms with Gasteiger partial charge in [-0.2, -0.15) is 10.5 Å². The van der Waals surface area contributed by atoms with Crippen molar-refractivity contribution in [3.05, 3.63) is 135 Å². The van der Waals surface area contributed by atoms with Crippen molar-refractivity contribution >= 4 is 28.8 Å². The third-order valence-corrected chi connectivity index (χ3v) is 10.5. The summed E-state index contributed by atoms with van der Waals surface area (Å²) in [6.45, 7) is 10.8. The number of benzene rings is 2. The number of nitriles is 2. The summed E-state index contributed by atoms with van der Waals surface area (Å²) in [5, 5.41) is 22.8. The molecule has 17 heteroatoms. The Morgan fingerprint density at radius 3 is 1.66 bits per heavy atom. The van der Waals surface area contributed by atoms with Crippen LogP contribution in [0.4, 0.5) is 17.2 Å². The number of ether oxygens (including phenoxy) is 2. The van der Waals surface area contributed by atoms with Gasteiger partial charge in [0.15, 0.2) is 0 Å². The number of hydrogen-bond acceptors (Lipinski definition) is 16. The highest BCUT2D eigenvalue weighted by Crippen LogP contribution is 2.32. The first kappa shape index (κ1) is 43.6. The second-order valence-corrected chi connectivity index (χ2v) is 14.9. The summed E-state index contributed by atoms with van der Waals surface area (Å²) >= 11 is 6.15. The zero-order valence-corrected chi connectivity index (χ0v) is 35.7. The molecule has 312 valence electrons. The van der Waals surface area contributed by atoms with E-state index in [0.717, 1.165) is 87.9 Å². The summed E-state index contributed by atoms with van der Waals surface area (Å²) in [7, 11) is 3.07. The van der Waals surface area contributed by atoms with E-state index >= 15 is 0 Å². The van der Waals surface area contributed by atoms with Crippen LogP contribution in [0, 0.1) is 36.5 Å². The third-order valence-electron chi connectivity index (χ3n) is 10.2. The maximum atomic E-state index is 9.57. The first-order chi connectivity index (χ1) is 29.5. The lowest BCUT2D eigenvalue weighted by Crippen LogP contribution is -2.32. The van der Waals surface area contributed by atoms with E-state index in [9.17, 15) is 10.5 Å². The molecule has 3 N–H and O–H groups in total. The molecule has 0 saturated carbocycles.